The summed E-state index contributed by atoms with van der Waals surface area (Å²) in [6.45, 7) is 14.2. The van der Waals surface area contributed by atoms with E-state index in [4.69, 9.17) is 9.97 Å². The second-order valence-corrected chi connectivity index (χ2v) is 7.54. The minimum atomic E-state index is 0.199. The number of aromatic nitrogens is 2. The van der Waals surface area contributed by atoms with Crippen LogP contribution in [0.1, 0.15) is 69.7 Å². The molecule has 0 aliphatic heterocycles. The van der Waals surface area contributed by atoms with Crippen LogP contribution >= 0.6 is 0 Å². The zero-order valence-corrected chi connectivity index (χ0v) is 13.9. The van der Waals surface area contributed by atoms with Crippen LogP contribution < -0.4 is 5.32 Å². The van der Waals surface area contributed by atoms with Crippen LogP contribution in [0.3, 0.4) is 0 Å². The van der Waals surface area contributed by atoms with Crippen LogP contribution in [0.25, 0.3) is 0 Å². The van der Waals surface area contributed by atoms with Crippen molar-refractivity contribution in [1.82, 2.24) is 15.3 Å². The lowest BCUT2D eigenvalue weighted by Crippen LogP contribution is -2.36. The predicted octanol–water partition coefficient (Wildman–Crippen LogP) is 3.47. The molecule has 0 bridgehead atoms. The van der Waals surface area contributed by atoms with Gasteiger partial charge in [-0.05, 0) is 72.4 Å². The summed E-state index contributed by atoms with van der Waals surface area (Å²) in [5, 5.41) is 3.54. The fourth-order valence-corrected chi connectivity index (χ4v) is 2.51. The van der Waals surface area contributed by atoms with Crippen molar-refractivity contribution in [1.29, 1.82) is 0 Å². The van der Waals surface area contributed by atoms with Crippen molar-refractivity contribution >= 4 is 0 Å². The largest absolute Gasteiger partial charge is 0.312 e. The van der Waals surface area contributed by atoms with Gasteiger partial charge in [-0.3, -0.25) is 0 Å². The summed E-state index contributed by atoms with van der Waals surface area (Å²) in [5.41, 5.74) is 4.16. The third-order valence-electron chi connectivity index (χ3n) is 4.22. The van der Waals surface area contributed by atoms with Gasteiger partial charge in [0.15, 0.2) is 0 Å². The number of aryl methyl sites for hydroxylation is 2. The van der Waals surface area contributed by atoms with Gasteiger partial charge in [0.2, 0.25) is 0 Å². The molecule has 0 aromatic carbocycles. The van der Waals surface area contributed by atoms with Crippen molar-refractivity contribution in [2.24, 2.45) is 0 Å². The first-order valence-corrected chi connectivity index (χ1v) is 7.81. The molecule has 0 unspecified atom stereocenters. The zero-order valence-electron chi connectivity index (χ0n) is 13.9. The van der Waals surface area contributed by atoms with Gasteiger partial charge in [-0.15, -0.1) is 0 Å². The Balaban J connectivity index is 1.98. The van der Waals surface area contributed by atoms with Gasteiger partial charge in [0.05, 0.1) is 0 Å². The van der Waals surface area contributed by atoms with E-state index in [1.54, 1.807) is 0 Å². The van der Waals surface area contributed by atoms with Crippen LogP contribution in [0, 0.1) is 13.8 Å². The molecule has 3 heteroatoms. The lowest BCUT2D eigenvalue weighted by Gasteiger charge is -2.20. The summed E-state index contributed by atoms with van der Waals surface area (Å²) in [6, 6.07) is 0. The van der Waals surface area contributed by atoms with Crippen LogP contribution in [-0.2, 0) is 11.8 Å². The van der Waals surface area contributed by atoms with Gasteiger partial charge in [0.25, 0.3) is 0 Å². The summed E-state index contributed by atoms with van der Waals surface area (Å²) in [5.74, 6) is 1.06. The van der Waals surface area contributed by atoms with Crippen LogP contribution in [0.15, 0.2) is 0 Å². The summed E-state index contributed by atoms with van der Waals surface area (Å²) < 4.78 is 0. The maximum absolute atomic E-state index is 4.76. The number of nitrogens with zero attached hydrogens (tertiary/aromatic N) is 2. The number of nitrogens with one attached hydrogen (secondary N) is 1. The van der Waals surface area contributed by atoms with Crippen LogP contribution in [-0.4, -0.2) is 22.1 Å². The molecule has 1 aliphatic carbocycles. The standard InChI is InChI=1S/C17H29N3/c1-12-14(8-7-11-18-16(3,4)5)13(2)20-15(19-12)17(6)9-10-17/h18H,7-11H2,1-6H3. The highest BCUT2D eigenvalue weighted by molar-refractivity contribution is 5.28. The molecule has 1 fully saturated rings. The smallest absolute Gasteiger partial charge is 0.134 e. The van der Waals surface area contributed by atoms with Crippen LogP contribution in [0.2, 0.25) is 0 Å². The molecule has 20 heavy (non-hydrogen) atoms. The Bertz CT molecular complexity index is 458. The molecule has 112 valence electrons. The van der Waals surface area contributed by atoms with Crippen molar-refractivity contribution in [2.75, 3.05) is 6.54 Å². The highest BCUT2D eigenvalue weighted by Crippen LogP contribution is 2.46. The molecule has 0 amide bonds. The van der Waals surface area contributed by atoms with Crippen molar-refractivity contribution in [2.45, 2.75) is 78.2 Å². The topological polar surface area (TPSA) is 37.8 Å². The lowest BCUT2D eigenvalue weighted by molar-refractivity contribution is 0.422. The highest BCUT2D eigenvalue weighted by Gasteiger charge is 2.42. The average Bonchev–Trinajstić information content (AvgIpc) is 3.05. The summed E-state index contributed by atoms with van der Waals surface area (Å²) in [4.78, 5) is 9.53. The van der Waals surface area contributed by atoms with E-state index in [-0.39, 0.29) is 11.0 Å². The van der Waals surface area contributed by atoms with E-state index in [1.807, 2.05) is 0 Å². The molecule has 0 radical (unpaired) electrons. The molecular weight excluding hydrogens is 246 g/mol. The van der Waals surface area contributed by atoms with E-state index in [1.165, 1.54) is 29.8 Å². The quantitative estimate of drug-likeness (QED) is 0.836. The highest BCUT2D eigenvalue weighted by atomic mass is 14.9. The van der Waals surface area contributed by atoms with E-state index in [0.29, 0.717) is 0 Å². The predicted molar refractivity (Wildman–Crippen MR) is 84.2 cm³/mol. The van der Waals surface area contributed by atoms with E-state index in [2.05, 4.69) is 46.9 Å². The van der Waals surface area contributed by atoms with Crippen LogP contribution in [0.5, 0.6) is 0 Å². The van der Waals surface area contributed by atoms with Gasteiger partial charge in [0.1, 0.15) is 5.82 Å². The molecule has 1 aromatic rings. The fraction of sp³-hybridized carbons (Fsp3) is 0.765. The second kappa shape index (κ2) is 5.44. The SMILES string of the molecule is Cc1nc(C2(C)CC2)nc(C)c1CCCNC(C)(C)C. The van der Waals surface area contributed by atoms with Gasteiger partial charge in [0, 0.05) is 22.3 Å². The Morgan fingerprint density at radius 2 is 1.65 bits per heavy atom. The van der Waals surface area contributed by atoms with Crippen molar-refractivity contribution in [3.05, 3.63) is 22.8 Å². The maximum atomic E-state index is 4.76. The Labute approximate surface area is 123 Å². The van der Waals surface area contributed by atoms with Crippen molar-refractivity contribution in [3.63, 3.8) is 0 Å². The molecule has 3 nitrogen and oxygen atoms in total. The number of hydrogen-bond acceptors (Lipinski definition) is 3. The second-order valence-electron chi connectivity index (χ2n) is 7.54. The first-order chi connectivity index (χ1) is 9.21. The molecule has 0 saturated heterocycles. The third-order valence-corrected chi connectivity index (χ3v) is 4.22. The molecule has 1 N–H and O–H groups in total. The van der Waals surface area contributed by atoms with Gasteiger partial charge < -0.3 is 5.32 Å². The first kappa shape index (κ1) is 15.4. The minimum Gasteiger partial charge on any atom is -0.312 e. The minimum absolute atomic E-state index is 0.199. The summed E-state index contributed by atoms with van der Waals surface area (Å²) >= 11 is 0. The molecule has 1 aliphatic rings. The van der Waals surface area contributed by atoms with Crippen molar-refractivity contribution < 1.29 is 0 Å². The van der Waals surface area contributed by atoms with Crippen molar-refractivity contribution in [3.8, 4) is 0 Å². The normalized spacial score (nSPS) is 17.3. The molecule has 2 rings (SSSR count). The lowest BCUT2D eigenvalue weighted by atomic mass is 10.0. The van der Waals surface area contributed by atoms with Gasteiger partial charge in [-0.2, -0.15) is 0 Å². The summed E-state index contributed by atoms with van der Waals surface area (Å²) in [7, 11) is 0. The number of rotatable bonds is 5. The van der Waals surface area contributed by atoms with Gasteiger partial charge in [-0.25, -0.2) is 9.97 Å². The van der Waals surface area contributed by atoms with E-state index in [9.17, 15) is 0 Å². The van der Waals surface area contributed by atoms with Gasteiger partial charge >= 0.3 is 0 Å². The molecule has 1 saturated carbocycles. The van der Waals surface area contributed by atoms with Gasteiger partial charge in [-0.1, -0.05) is 6.92 Å². The molecule has 1 aromatic heterocycles. The molecule has 0 atom stereocenters. The fourth-order valence-electron chi connectivity index (χ4n) is 2.51. The molecule has 1 heterocycles. The van der Waals surface area contributed by atoms with E-state index < -0.39 is 0 Å². The summed E-state index contributed by atoms with van der Waals surface area (Å²) in [6.07, 6.45) is 4.68. The maximum Gasteiger partial charge on any atom is 0.134 e. The Morgan fingerprint density at radius 1 is 1.10 bits per heavy atom. The average molecular weight is 275 g/mol. The Kier molecular flexibility index (Phi) is 4.19. The third kappa shape index (κ3) is 3.78. The Morgan fingerprint density at radius 3 is 2.10 bits per heavy atom. The molecule has 0 spiro atoms. The first-order valence-electron chi connectivity index (χ1n) is 7.81. The Hall–Kier alpha value is -0.960. The zero-order chi connectivity index (χ0) is 15.0. The number of hydrogen-bond donors (Lipinski definition) is 1. The monoisotopic (exact) mass is 275 g/mol. The van der Waals surface area contributed by atoms with E-state index >= 15 is 0 Å². The van der Waals surface area contributed by atoms with E-state index in [0.717, 1.165) is 25.2 Å². The van der Waals surface area contributed by atoms with Crippen LogP contribution in [0.4, 0.5) is 0 Å². The molecular formula is C17H29N3.